The maximum Gasteiger partial charge on any atom is 0.434 e. The summed E-state index contributed by atoms with van der Waals surface area (Å²) in [5, 5.41) is 2.61. The van der Waals surface area contributed by atoms with Crippen molar-refractivity contribution in [2.75, 3.05) is 11.9 Å². The molecule has 0 bridgehead atoms. The minimum absolute atomic E-state index is 0.0654. The van der Waals surface area contributed by atoms with Crippen molar-refractivity contribution in [1.82, 2.24) is 9.97 Å². The first kappa shape index (κ1) is 15.3. The van der Waals surface area contributed by atoms with Crippen molar-refractivity contribution in [3.8, 4) is 5.88 Å². The molecule has 19 heavy (non-hydrogen) atoms. The molecular weight excluding hydrogens is 280 g/mol. The molecule has 0 saturated carbocycles. The fraction of sp³-hybridized carbons (Fsp3) is 0.556. The van der Waals surface area contributed by atoms with Crippen LogP contribution in [0.4, 0.5) is 32.2 Å². The highest BCUT2D eigenvalue weighted by Crippen LogP contribution is 2.36. The number of rotatable bonds is 4. The molecule has 1 aromatic rings. The van der Waals surface area contributed by atoms with Crippen molar-refractivity contribution >= 4 is 5.82 Å². The number of nitrogens with zero attached hydrogens (tertiary/aromatic N) is 2. The van der Waals surface area contributed by atoms with Crippen LogP contribution in [0.3, 0.4) is 0 Å². The quantitative estimate of drug-likeness (QED) is 0.866. The highest BCUT2D eigenvalue weighted by Gasteiger charge is 2.59. The first-order valence-electron chi connectivity index (χ1n) is 5.00. The molecule has 0 atom stereocenters. The van der Waals surface area contributed by atoms with Crippen LogP contribution in [0.5, 0.6) is 5.88 Å². The van der Waals surface area contributed by atoms with Crippen molar-refractivity contribution in [3.63, 3.8) is 0 Å². The van der Waals surface area contributed by atoms with Gasteiger partial charge in [-0.2, -0.15) is 26.3 Å². The van der Waals surface area contributed by atoms with E-state index < -0.39 is 24.3 Å². The predicted molar refractivity (Wildman–Crippen MR) is 52.7 cm³/mol. The number of halogens is 6. The Balaban J connectivity index is 2.94. The number of hydrogen-bond donors (Lipinski definition) is 1. The maximum atomic E-state index is 12.2. The number of ether oxygens (including phenoxy) is 1. The van der Waals surface area contributed by atoms with E-state index in [1.165, 1.54) is 0 Å². The van der Waals surface area contributed by atoms with Gasteiger partial charge in [0.2, 0.25) is 5.88 Å². The first-order valence-corrected chi connectivity index (χ1v) is 5.00. The molecule has 0 radical (unpaired) electrons. The van der Waals surface area contributed by atoms with Crippen LogP contribution in [-0.4, -0.2) is 35.0 Å². The molecule has 1 heterocycles. The molecule has 1 N–H and O–H groups in total. The van der Waals surface area contributed by atoms with Gasteiger partial charge in [-0.15, -0.1) is 0 Å². The van der Waals surface area contributed by atoms with Gasteiger partial charge < -0.3 is 10.1 Å². The molecule has 0 aromatic carbocycles. The van der Waals surface area contributed by atoms with Gasteiger partial charge in [0, 0.05) is 12.6 Å². The summed E-state index contributed by atoms with van der Waals surface area (Å²) < 4.78 is 77.4. The van der Waals surface area contributed by atoms with Crippen molar-refractivity contribution in [2.24, 2.45) is 0 Å². The molecule has 4 nitrogen and oxygen atoms in total. The summed E-state index contributed by atoms with van der Waals surface area (Å²) in [6.45, 7) is 2.06. The van der Waals surface area contributed by atoms with Crippen LogP contribution in [-0.2, 0) is 0 Å². The number of hydrogen-bond acceptors (Lipinski definition) is 4. The van der Waals surface area contributed by atoms with E-state index in [0.717, 1.165) is 12.4 Å². The summed E-state index contributed by atoms with van der Waals surface area (Å²) in [7, 11) is 0. The second-order valence-electron chi connectivity index (χ2n) is 3.35. The third-order valence-electron chi connectivity index (χ3n) is 1.83. The van der Waals surface area contributed by atoms with Crippen LogP contribution < -0.4 is 10.1 Å². The van der Waals surface area contributed by atoms with Gasteiger partial charge in [-0.1, -0.05) is 0 Å². The first-order chi connectivity index (χ1) is 8.64. The van der Waals surface area contributed by atoms with Crippen LogP contribution in [0.1, 0.15) is 6.92 Å². The minimum atomic E-state index is -5.58. The summed E-state index contributed by atoms with van der Waals surface area (Å²) >= 11 is 0. The largest absolute Gasteiger partial charge is 0.455 e. The Morgan fingerprint density at radius 2 is 1.74 bits per heavy atom. The van der Waals surface area contributed by atoms with Gasteiger partial charge in [-0.05, 0) is 6.92 Å². The Morgan fingerprint density at radius 3 is 2.21 bits per heavy atom. The van der Waals surface area contributed by atoms with Crippen LogP contribution in [0.2, 0.25) is 0 Å². The summed E-state index contributed by atoms with van der Waals surface area (Å²) in [6, 6.07) is 0.855. The number of nitrogens with one attached hydrogen (secondary N) is 1. The second-order valence-corrected chi connectivity index (χ2v) is 3.35. The van der Waals surface area contributed by atoms with Crippen LogP contribution in [0, 0.1) is 0 Å². The van der Waals surface area contributed by atoms with E-state index in [0.29, 0.717) is 6.54 Å². The standard InChI is InChI=1S/C9H9F6N3O/c1-2-16-5-3-6(18-4-17-5)19-7(8(10,11)12)9(13,14)15/h3-4,7H,2H2,1H3,(H,16,17,18). The molecule has 1 aromatic heterocycles. The van der Waals surface area contributed by atoms with E-state index in [1.807, 2.05) is 0 Å². The fourth-order valence-electron chi connectivity index (χ4n) is 1.12. The zero-order valence-corrected chi connectivity index (χ0v) is 9.51. The molecule has 0 aliphatic rings. The lowest BCUT2D eigenvalue weighted by Gasteiger charge is -2.23. The molecule has 0 fully saturated rings. The van der Waals surface area contributed by atoms with Crippen LogP contribution >= 0.6 is 0 Å². The van der Waals surface area contributed by atoms with Crippen molar-refractivity contribution in [3.05, 3.63) is 12.4 Å². The minimum Gasteiger partial charge on any atom is -0.455 e. The average molecular weight is 289 g/mol. The topological polar surface area (TPSA) is 47.0 Å². The number of aromatic nitrogens is 2. The van der Waals surface area contributed by atoms with Gasteiger partial charge in [0.05, 0.1) is 0 Å². The molecule has 0 unspecified atom stereocenters. The normalized spacial score (nSPS) is 12.6. The summed E-state index contributed by atoms with van der Waals surface area (Å²) in [6.07, 6.45) is -14.3. The Labute approximate surface area is 103 Å². The molecule has 0 amide bonds. The zero-order valence-electron chi connectivity index (χ0n) is 9.51. The molecular formula is C9H9F6N3O. The van der Waals surface area contributed by atoms with Gasteiger partial charge in [0.15, 0.2) is 0 Å². The average Bonchev–Trinajstić information content (AvgIpc) is 2.24. The van der Waals surface area contributed by atoms with E-state index >= 15 is 0 Å². The smallest absolute Gasteiger partial charge is 0.434 e. The highest BCUT2D eigenvalue weighted by molar-refractivity contribution is 5.36. The maximum absolute atomic E-state index is 12.2. The van der Waals surface area contributed by atoms with Crippen LogP contribution in [0.25, 0.3) is 0 Å². The van der Waals surface area contributed by atoms with Crippen molar-refractivity contribution in [1.29, 1.82) is 0 Å². The Morgan fingerprint density at radius 1 is 1.16 bits per heavy atom. The Bertz CT molecular complexity index is 405. The number of alkyl halides is 6. The fourth-order valence-corrected chi connectivity index (χ4v) is 1.12. The third kappa shape index (κ3) is 4.45. The van der Waals surface area contributed by atoms with Gasteiger partial charge in [-0.25, -0.2) is 9.97 Å². The lowest BCUT2D eigenvalue weighted by atomic mass is 10.3. The van der Waals surface area contributed by atoms with E-state index in [2.05, 4.69) is 20.0 Å². The van der Waals surface area contributed by atoms with Crippen LogP contribution in [0.15, 0.2) is 12.4 Å². The van der Waals surface area contributed by atoms with Crippen molar-refractivity contribution < 1.29 is 31.1 Å². The monoisotopic (exact) mass is 289 g/mol. The van der Waals surface area contributed by atoms with Gasteiger partial charge in [-0.3, -0.25) is 0 Å². The highest BCUT2D eigenvalue weighted by atomic mass is 19.4. The third-order valence-corrected chi connectivity index (χ3v) is 1.83. The molecule has 0 aliphatic carbocycles. The lowest BCUT2D eigenvalue weighted by Crippen LogP contribution is -2.46. The van der Waals surface area contributed by atoms with Gasteiger partial charge in [0.1, 0.15) is 12.1 Å². The van der Waals surface area contributed by atoms with Crippen molar-refractivity contribution in [2.45, 2.75) is 25.4 Å². The van der Waals surface area contributed by atoms with Gasteiger partial charge in [0.25, 0.3) is 6.10 Å². The predicted octanol–water partition coefficient (Wildman–Crippen LogP) is 2.78. The summed E-state index contributed by atoms with van der Waals surface area (Å²) in [5.74, 6) is -0.749. The molecule has 108 valence electrons. The molecule has 0 aliphatic heterocycles. The van der Waals surface area contributed by atoms with E-state index in [1.54, 1.807) is 6.92 Å². The van der Waals surface area contributed by atoms with E-state index in [-0.39, 0.29) is 5.82 Å². The summed E-state index contributed by atoms with van der Waals surface area (Å²) in [4.78, 5) is 6.81. The number of anilines is 1. The molecule has 10 heteroatoms. The molecule has 0 spiro atoms. The van der Waals surface area contributed by atoms with E-state index in [4.69, 9.17) is 0 Å². The van der Waals surface area contributed by atoms with E-state index in [9.17, 15) is 26.3 Å². The zero-order chi connectivity index (χ0) is 14.7. The SMILES string of the molecule is CCNc1cc(OC(C(F)(F)F)C(F)(F)F)ncn1. The second kappa shape index (κ2) is 5.49. The molecule has 1 rings (SSSR count). The van der Waals surface area contributed by atoms with Gasteiger partial charge >= 0.3 is 12.4 Å². The summed E-state index contributed by atoms with van der Waals surface area (Å²) in [5.41, 5.74) is 0. The Kier molecular flexibility index (Phi) is 4.43. The Hall–Kier alpha value is -1.74. The molecule has 0 saturated heterocycles. The lowest BCUT2D eigenvalue weighted by molar-refractivity contribution is -0.300.